The molecule has 1 unspecified atom stereocenters. The first kappa shape index (κ1) is 23.5. The van der Waals surface area contributed by atoms with Gasteiger partial charge in [0.1, 0.15) is 12.6 Å². The summed E-state index contributed by atoms with van der Waals surface area (Å²) >= 11 is 0. The summed E-state index contributed by atoms with van der Waals surface area (Å²) in [5.74, 6) is -1.85. The van der Waals surface area contributed by atoms with E-state index in [-0.39, 0.29) is 12.5 Å². The molecule has 34 heavy (non-hydrogen) atoms. The van der Waals surface area contributed by atoms with Gasteiger partial charge in [-0.1, -0.05) is 60.2 Å². The molecule has 0 saturated carbocycles. The number of nitrogens with one attached hydrogen (secondary N) is 2. The number of amides is 2. The van der Waals surface area contributed by atoms with Gasteiger partial charge in [0.15, 0.2) is 0 Å². The van der Waals surface area contributed by atoms with Crippen molar-refractivity contribution in [3.8, 4) is 11.1 Å². The van der Waals surface area contributed by atoms with E-state index in [1.54, 1.807) is 0 Å². The molecule has 1 heterocycles. The number of hydrogen-bond donors (Lipinski definition) is 3. The van der Waals surface area contributed by atoms with Gasteiger partial charge in [0.2, 0.25) is 5.91 Å². The Morgan fingerprint density at radius 1 is 1.09 bits per heavy atom. The van der Waals surface area contributed by atoms with E-state index in [2.05, 4.69) is 21.6 Å². The highest BCUT2D eigenvalue weighted by molar-refractivity contribution is 5.89. The number of carbonyl (C=O) groups excluding carboxylic acids is 2. The van der Waals surface area contributed by atoms with Gasteiger partial charge in [-0.25, -0.2) is 4.79 Å². The van der Waals surface area contributed by atoms with Crippen LogP contribution in [0.15, 0.2) is 60.2 Å². The molecule has 2 amide bonds. The van der Waals surface area contributed by atoms with Crippen molar-refractivity contribution in [2.75, 3.05) is 33.3 Å². The zero-order chi connectivity index (χ0) is 24.1. The summed E-state index contributed by atoms with van der Waals surface area (Å²) < 4.78 is 5.47. The Labute approximate surface area is 198 Å². The van der Waals surface area contributed by atoms with Crippen LogP contribution in [0.2, 0.25) is 0 Å². The van der Waals surface area contributed by atoms with Crippen LogP contribution in [0.5, 0.6) is 0 Å². The number of carboxylic acids is 1. The number of likely N-dealkylation sites (N-methyl/N-ethyl adjacent to an activating group) is 1. The number of carbonyl (C=O) groups is 3. The Balaban J connectivity index is 1.36. The molecule has 2 aromatic rings. The van der Waals surface area contributed by atoms with Gasteiger partial charge in [0.05, 0.1) is 6.42 Å². The number of carboxylic acid groups (broad SMARTS) is 1. The molecule has 0 radical (unpaired) electrons. The second kappa shape index (κ2) is 10.5. The molecular formula is C26H29N3O5. The van der Waals surface area contributed by atoms with Crippen molar-refractivity contribution in [1.29, 1.82) is 0 Å². The maximum atomic E-state index is 12.6. The van der Waals surface area contributed by atoms with E-state index < -0.39 is 30.4 Å². The van der Waals surface area contributed by atoms with Crippen molar-refractivity contribution in [2.45, 2.75) is 24.8 Å². The maximum absolute atomic E-state index is 12.6. The molecule has 1 atom stereocenters. The van der Waals surface area contributed by atoms with Crippen LogP contribution in [0.25, 0.3) is 11.1 Å². The third kappa shape index (κ3) is 5.46. The lowest BCUT2D eigenvalue weighted by Crippen LogP contribution is -2.48. The lowest BCUT2D eigenvalue weighted by Gasteiger charge is -2.23. The van der Waals surface area contributed by atoms with Crippen LogP contribution in [0.1, 0.15) is 29.9 Å². The Bertz CT molecular complexity index is 1070. The summed E-state index contributed by atoms with van der Waals surface area (Å²) in [5, 5.41) is 14.4. The number of nitrogens with zero attached hydrogens (tertiary/aromatic N) is 1. The Kier molecular flexibility index (Phi) is 7.27. The molecule has 0 fully saturated rings. The fraction of sp³-hybridized carbons (Fsp3) is 0.346. The molecule has 0 saturated heterocycles. The van der Waals surface area contributed by atoms with Gasteiger partial charge in [-0.2, -0.15) is 0 Å². The molecular weight excluding hydrogens is 434 g/mol. The summed E-state index contributed by atoms with van der Waals surface area (Å²) in [6.07, 6.45) is 1.54. The molecule has 3 N–H and O–H groups in total. The number of fused-ring (bicyclic) bond motifs is 3. The maximum Gasteiger partial charge on any atom is 0.407 e. The fourth-order valence-corrected chi connectivity index (χ4v) is 4.46. The summed E-state index contributed by atoms with van der Waals surface area (Å²) in [5.41, 5.74) is 5.45. The summed E-state index contributed by atoms with van der Waals surface area (Å²) in [6, 6.07) is 14.7. The quantitative estimate of drug-likeness (QED) is 0.520. The Hall–Kier alpha value is -3.65. The molecule has 1 aliphatic carbocycles. The third-order valence-corrected chi connectivity index (χ3v) is 6.33. The van der Waals surface area contributed by atoms with E-state index in [9.17, 15) is 19.5 Å². The Morgan fingerprint density at radius 3 is 2.32 bits per heavy atom. The highest BCUT2D eigenvalue weighted by Gasteiger charge is 2.30. The second-order valence-electron chi connectivity index (χ2n) is 8.71. The van der Waals surface area contributed by atoms with Crippen LogP contribution in [-0.4, -0.2) is 67.3 Å². The fourth-order valence-electron chi connectivity index (χ4n) is 4.46. The molecule has 8 nitrogen and oxygen atoms in total. The van der Waals surface area contributed by atoms with Crippen molar-refractivity contribution in [3.05, 3.63) is 71.3 Å². The van der Waals surface area contributed by atoms with E-state index in [1.807, 2.05) is 55.6 Å². The molecule has 178 valence electrons. The van der Waals surface area contributed by atoms with Gasteiger partial charge in [-0.15, -0.1) is 0 Å². The Morgan fingerprint density at radius 2 is 1.74 bits per heavy atom. The number of hydrogen-bond acceptors (Lipinski definition) is 5. The van der Waals surface area contributed by atoms with E-state index in [0.29, 0.717) is 6.54 Å². The highest BCUT2D eigenvalue weighted by atomic mass is 16.5. The number of aliphatic carboxylic acids is 1. The van der Waals surface area contributed by atoms with Crippen molar-refractivity contribution in [3.63, 3.8) is 0 Å². The standard InChI is InChI=1S/C26H29N3O5/c1-29-12-10-17(11-13-29)15-27-25(32)23(14-24(30)31)28-26(33)34-16-22-20-8-4-2-6-18(20)19-7-3-5-9-21(19)22/h2-10,22-23H,11-16H2,1H3,(H,27,32)(H,28,33)(H,30,31). The molecule has 2 aromatic carbocycles. The van der Waals surface area contributed by atoms with E-state index in [0.717, 1.165) is 47.3 Å². The van der Waals surface area contributed by atoms with Crippen LogP contribution in [0, 0.1) is 0 Å². The minimum Gasteiger partial charge on any atom is -0.481 e. The molecule has 0 aromatic heterocycles. The summed E-state index contributed by atoms with van der Waals surface area (Å²) in [4.78, 5) is 38.6. The number of alkyl carbamates (subject to hydrolysis) is 1. The van der Waals surface area contributed by atoms with E-state index in [1.165, 1.54) is 0 Å². The van der Waals surface area contributed by atoms with E-state index in [4.69, 9.17) is 4.74 Å². The minimum absolute atomic E-state index is 0.0850. The average Bonchev–Trinajstić information content (AvgIpc) is 3.15. The monoisotopic (exact) mass is 463 g/mol. The first-order valence-corrected chi connectivity index (χ1v) is 11.4. The number of rotatable bonds is 8. The zero-order valence-corrected chi connectivity index (χ0v) is 19.1. The lowest BCUT2D eigenvalue weighted by atomic mass is 9.98. The van der Waals surface area contributed by atoms with Crippen LogP contribution < -0.4 is 10.6 Å². The summed E-state index contributed by atoms with van der Waals surface area (Å²) in [7, 11) is 2.02. The van der Waals surface area contributed by atoms with Crippen LogP contribution in [-0.2, 0) is 14.3 Å². The molecule has 4 rings (SSSR count). The molecule has 0 bridgehead atoms. The van der Waals surface area contributed by atoms with Crippen molar-refractivity contribution < 1.29 is 24.2 Å². The smallest absolute Gasteiger partial charge is 0.407 e. The van der Waals surface area contributed by atoms with Gasteiger partial charge in [0.25, 0.3) is 0 Å². The topological polar surface area (TPSA) is 108 Å². The van der Waals surface area contributed by atoms with Crippen LogP contribution in [0.4, 0.5) is 4.79 Å². The van der Waals surface area contributed by atoms with Crippen molar-refractivity contribution in [1.82, 2.24) is 15.5 Å². The molecule has 1 aliphatic heterocycles. The van der Waals surface area contributed by atoms with Crippen LogP contribution in [0.3, 0.4) is 0 Å². The largest absolute Gasteiger partial charge is 0.481 e. The van der Waals surface area contributed by atoms with Gasteiger partial charge in [0, 0.05) is 25.6 Å². The number of ether oxygens (including phenoxy) is 1. The predicted molar refractivity (Wildman–Crippen MR) is 127 cm³/mol. The highest BCUT2D eigenvalue weighted by Crippen LogP contribution is 2.44. The average molecular weight is 464 g/mol. The summed E-state index contributed by atoms with van der Waals surface area (Å²) in [6.45, 7) is 2.12. The molecule has 8 heteroatoms. The SMILES string of the molecule is CN1CC=C(CNC(=O)C(CC(=O)O)NC(=O)OCC2c3ccccc3-c3ccccc32)CC1. The van der Waals surface area contributed by atoms with Crippen molar-refractivity contribution >= 4 is 18.0 Å². The van der Waals surface area contributed by atoms with Gasteiger partial charge in [-0.3, -0.25) is 9.59 Å². The first-order valence-electron chi connectivity index (χ1n) is 11.4. The molecule has 2 aliphatic rings. The van der Waals surface area contributed by atoms with Gasteiger partial charge in [-0.05, 0) is 35.7 Å². The zero-order valence-electron chi connectivity index (χ0n) is 19.1. The normalized spacial score (nSPS) is 16.1. The minimum atomic E-state index is -1.22. The lowest BCUT2D eigenvalue weighted by molar-refractivity contribution is -0.139. The van der Waals surface area contributed by atoms with Crippen molar-refractivity contribution in [2.24, 2.45) is 0 Å². The third-order valence-electron chi connectivity index (χ3n) is 6.33. The second-order valence-corrected chi connectivity index (χ2v) is 8.71. The van der Waals surface area contributed by atoms with E-state index >= 15 is 0 Å². The molecule has 0 spiro atoms. The van der Waals surface area contributed by atoms with Crippen LogP contribution >= 0.6 is 0 Å². The van der Waals surface area contributed by atoms with Gasteiger partial charge >= 0.3 is 12.1 Å². The first-order chi connectivity index (χ1) is 16.4. The number of benzene rings is 2. The predicted octanol–water partition coefficient (Wildman–Crippen LogP) is 2.75. The van der Waals surface area contributed by atoms with Gasteiger partial charge < -0.3 is 25.4 Å².